The Kier molecular flexibility index (Phi) is 8.17. The Labute approximate surface area is 178 Å². The predicted molar refractivity (Wildman–Crippen MR) is 116 cm³/mol. The third-order valence-electron chi connectivity index (χ3n) is 4.45. The van der Waals surface area contributed by atoms with Gasteiger partial charge in [-0.2, -0.15) is 0 Å². The lowest BCUT2D eigenvalue weighted by Crippen LogP contribution is -2.42. The van der Waals surface area contributed by atoms with Crippen LogP contribution in [0.1, 0.15) is 34.1 Å². The van der Waals surface area contributed by atoms with Crippen molar-refractivity contribution in [2.45, 2.75) is 44.6 Å². The van der Waals surface area contributed by atoms with E-state index in [9.17, 15) is 18.3 Å². The van der Waals surface area contributed by atoms with Gasteiger partial charge in [0.2, 0.25) is 10.0 Å². The van der Waals surface area contributed by atoms with E-state index in [1.807, 2.05) is 6.92 Å². The molecule has 2 N–H and O–H groups in total. The molecule has 0 aliphatic carbocycles. The molecule has 0 aliphatic rings. The minimum absolute atomic E-state index is 0.0201. The maximum atomic E-state index is 12.7. The lowest BCUT2D eigenvalue weighted by molar-refractivity contribution is 0.0240. The number of fused-ring (bicyclic) bond motifs is 1. The van der Waals surface area contributed by atoms with Crippen LogP contribution in [0.15, 0.2) is 41.6 Å². The average molecular weight is 438 g/mol. The minimum Gasteiger partial charge on any atom is -0.444 e. The van der Waals surface area contributed by atoms with E-state index in [0.29, 0.717) is 13.0 Å². The van der Waals surface area contributed by atoms with Crippen molar-refractivity contribution < 1.29 is 23.1 Å². The minimum atomic E-state index is -3.73. The summed E-state index contributed by atoms with van der Waals surface area (Å²) in [6.45, 7) is 7.79. The molecule has 166 valence electrons. The summed E-state index contributed by atoms with van der Waals surface area (Å²) >= 11 is 0. The summed E-state index contributed by atoms with van der Waals surface area (Å²) in [5.41, 5.74) is -0.655. The lowest BCUT2D eigenvalue weighted by Gasteiger charge is -2.28. The molecule has 8 nitrogen and oxygen atoms in total. The van der Waals surface area contributed by atoms with Crippen LogP contribution in [0.5, 0.6) is 0 Å². The second kappa shape index (κ2) is 10.2. The van der Waals surface area contributed by atoms with E-state index in [2.05, 4.69) is 9.71 Å². The zero-order valence-corrected chi connectivity index (χ0v) is 18.8. The fraction of sp³-hybridized carbons (Fsp3) is 0.524. The molecule has 0 radical (unpaired) electrons. The molecule has 2 rings (SSSR count). The van der Waals surface area contributed by atoms with Crippen molar-refractivity contribution in [3.63, 3.8) is 0 Å². The van der Waals surface area contributed by atoms with Gasteiger partial charge in [0.15, 0.2) is 0 Å². The van der Waals surface area contributed by atoms with E-state index in [0.717, 1.165) is 10.8 Å². The summed E-state index contributed by atoms with van der Waals surface area (Å²) < 4.78 is 33.3. The van der Waals surface area contributed by atoms with E-state index < -0.39 is 21.7 Å². The number of benzene rings is 1. The highest BCUT2D eigenvalue weighted by Crippen LogP contribution is 2.18. The van der Waals surface area contributed by atoms with Crippen molar-refractivity contribution >= 4 is 26.9 Å². The standard InChI is InChI=1S/C21H31N3O5S/c1-16(15-25)8-11-24(20(26)29-21(2,3)4)12-10-23-30(27,28)19-6-5-18-14-22-9-7-17(18)13-19/h5-7,9,13-14,16,23,25H,8,10-12,15H2,1-4H3. The van der Waals surface area contributed by atoms with Crippen LogP contribution in [0.2, 0.25) is 0 Å². The first-order valence-corrected chi connectivity index (χ1v) is 11.4. The van der Waals surface area contributed by atoms with Gasteiger partial charge in [-0.3, -0.25) is 4.98 Å². The molecule has 1 amide bonds. The first-order chi connectivity index (χ1) is 14.0. The van der Waals surface area contributed by atoms with E-state index in [1.54, 1.807) is 51.4 Å². The number of carbonyl (C=O) groups excluding carboxylic acids is 1. The van der Waals surface area contributed by atoms with Crippen molar-refractivity contribution in [2.75, 3.05) is 26.2 Å². The second-order valence-electron chi connectivity index (χ2n) is 8.33. The molecule has 0 saturated carbocycles. The van der Waals surface area contributed by atoms with Gasteiger partial charge >= 0.3 is 6.09 Å². The van der Waals surface area contributed by atoms with Gasteiger partial charge in [0.1, 0.15) is 5.60 Å². The van der Waals surface area contributed by atoms with Gasteiger partial charge in [0, 0.05) is 44.0 Å². The number of hydrogen-bond donors (Lipinski definition) is 2. The zero-order valence-electron chi connectivity index (χ0n) is 18.0. The average Bonchev–Trinajstić information content (AvgIpc) is 2.68. The number of nitrogens with zero attached hydrogens (tertiary/aromatic N) is 2. The highest BCUT2D eigenvalue weighted by molar-refractivity contribution is 7.89. The molecule has 0 saturated heterocycles. The fourth-order valence-electron chi connectivity index (χ4n) is 2.72. The van der Waals surface area contributed by atoms with Crippen LogP contribution in [0.3, 0.4) is 0 Å². The van der Waals surface area contributed by atoms with Crippen molar-refractivity contribution in [3.8, 4) is 0 Å². The topological polar surface area (TPSA) is 109 Å². The van der Waals surface area contributed by atoms with Crippen LogP contribution in [-0.2, 0) is 14.8 Å². The summed E-state index contributed by atoms with van der Waals surface area (Å²) in [7, 11) is -3.73. The van der Waals surface area contributed by atoms with Crippen LogP contribution in [0.25, 0.3) is 10.8 Å². The monoisotopic (exact) mass is 437 g/mol. The highest BCUT2D eigenvalue weighted by Gasteiger charge is 2.23. The molecular weight excluding hydrogens is 406 g/mol. The Hall–Kier alpha value is -2.23. The number of rotatable bonds is 9. The Morgan fingerprint density at radius 3 is 2.63 bits per heavy atom. The van der Waals surface area contributed by atoms with E-state index in [-0.39, 0.29) is 30.5 Å². The molecule has 9 heteroatoms. The number of sulfonamides is 1. The first-order valence-electron chi connectivity index (χ1n) is 9.94. The van der Waals surface area contributed by atoms with Gasteiger partial charge in [-0.05, 0) is 56.7 Å². The SMILES string of the molecule is CC(CO)CCN(CCNS(=O)(=O)c1ccc2cnccc2c1)C(=O)OC(C)(C)C. The second-order valence-corrected chi connectivity index (χ2v) is 10.1. The van der Waals surface area contributed by atoms with Gasteiger partial charge in [-0.25, -0.2) is 17.9 Å². The normalized spacial score (nSPS) is 13.2. The van der Waals surface area contributed by atoms with E-state index >= 15 is 0 Å². The molecular formula is C21H31N3O5S. The predicted octanol–water partition coefficient (Wildman–Crippen LogP) is 2.77. The Bertz CT molecular complexity index is 957. The zero-order chi connectivity index (χ0) is 22.4. The molecule has 1 heterocycles. The van der Waals surface area contributed by atoms with Crippen molar-refractivity contribution in [1.29, 1.82) is 0 Å². The number of aliphatic hydroxyl groups excluding tert-OH is 1. The smallest absolute Gasteiger partial charge is 0.410 e. The molecule has 1 aromatic carbocycles. The van der Waals surface area contributed by atoms with Gasteiger partial charge in [-0.15, -0.1) is 0 Å². The third-order valence-corrected chi connectivity index (χ3v) is 5.91. The van der Waals surface area contributed by atoms with Crippen LogP contribution >= 0.6 is 0 Å². The van der Waals surface area contributed by atoms with Crippen LogP contribution in [0, 0.1) is 5.92 Å². The number of amides is 1. The van der Waals surface area contributed by atoms with Crippen LogP contribution < -0.4 is 4.72 Å². The summed E-state index contributed by atoms with van der Waals surface area (Å²) in [5.74, 6) is 0.0266. The maximum Gasteiger partial charge on any atom is 0.410 e. The first kappa shape index (κ1) is 24.0. The van der Waals surface area contributed by atoms with Crippen molar-refractivity contribution in [3.05, 3.63) is 36.7 Å². The molecule has 1 atom stereocenters. The molecule has 0 fully saturated rings. The third kappa shape index (κ3) is 7.23. The van der Waals surface area contributed by atoms with Crippen LogP contribution in [0.4, 0.5) is 4.79 Å². The summed E-state index contributed by atoms with van der Waals surface area (Å²) in [5, 5.41) is 10.9. The molecule has 0 spiro atoms. The lowest BCUT2D eigenvalue weighted by atomic mass is 10.1. The number of hydrogen-bond acceptors (Lipinski definition) is 6. The highest BCUT2D eigenvalue weighted by atomic mass is 32.2. The number of aliphatic hydroxyl groups is 1. The molecule has 1 unspecified atom stereocenters. The number of nitrogens with one attached hydrogen (secondary N) is 1. The summed E-state index contributed by atoms with van der Waals surface area (Å²) in [6, 6.07) is 6.58. The van der Waals surface area contributed by atoms with Crippen molar-refractivity contribution in [2.24, 2.45) is 5.92 Å². The summed E-state index contributed by atoms with van der Waals surface area (Å²) in [6.07, 6.45) is 3.36. The van der Waals surface area contributed by atoms with E-state index in [4.69, 9.17) is 4.74 Å². The molecule has 0 aliphatic heterocycles. The van der Waals surface area contributed by atoms with Gasteiger partial charge in [-0.1, -0.05) is 13.0 Å². The van der Waals surface area contributed by atoms with E-state index in [1.165, 1.54) is 11.0 Å². The number of aromatic nitrogens is 1. The Morgan fingerprint density at radius 2 is 1.97 bits per heavy atom. The summed E-state index contributed by atoms with van der Waals surface area (Å²) in [4.78, 5) is 18.1. The molecule has 2 aromatic rings. The number of carbonyl (C=O) groups is 1. The fourth-order valence-corrected chi connectivity index (χ4v) is 3.77. The number of pyridine rings is 1. The Balaban J connectivity index is 2.04. The van der Waals surface area contributed by atoms with Crippen molar-refractivity contribution in [1.82, 2.24) is 14.6 Å². The largest absolute Gasteiger partial charge is 0.444 e. The van der Waals surface area contributed by atoms with Gasteiger partial charge in [0.05, 0.1) is 4.90 Å². The molecule has 1 aromatic heterocycles. The number of ether oxygens (including phenoxy) is 1. The molecule has 0 bridgehead atoms. The Morgan fingerprint density at radius 1 is 1.23 bits per heavy atom. The van der Waals surface area contributed by atoms with Crippen LogP contribution in [-0.4, -0.2) is 61.3 Å². The molecule has 30 heavy (non-hydrogen) atoms. The quantitative estimate of drug-likeness (QED) is 0.624. The maximum absolute atomic E-state index is 12.7. The van der Waals surface area contributed by atoms with Gasteiger partial charge in [0.25, 0.3) is 0 Å². The van der Waals surface area contributed by atoms with Gasteiger partial charge < -0.3 is 14.7 Å².